The first-order valence-electron chi connectivity index (χ1n) is 3.75. The molecule has 0 aliphatic rings. The summed E-state index contributed by atoms with van der Waals surface area (Å²) in [5.74, 6) is 0. The van der Waals surface area contributed by atoms with Crippen molar-refractivity contribution in [1.29, 1.82) is 0 Å². The van der Waals surface area contributed by atoms with Gasteiger partial charge in [-0.05, 0) is 6.92 Å². The van der Waals surface area contributed by atoms with Crippen molar-refractivity contribution in [3.63, 3.8) is 0 Å². The summed E-state index contributed by atoms with van der Waals surface area (Å²) in [6, 6.07) is 1.39. The molecule has 0 radical (unpaired) electrons. The lowest BCUT2D eigenvalue weighted by atomic mass is 10.2. The van der Waals surface area contributed by atoms with Gasteiger partial charge in [0, 0.05) is 29.5 Å². The SMILES string of the molecule is Cc1c(S(C)(=O)=O)cc[n+](O)c1C. The Morgan fingerprint density at radius 3 is 2.38 bits per heavy atom. The zero-order chi connectivity index (χ0) is 10.2. The van der Waals surface area contributed by atoms with Crippen molar-refractivity contribution >= 4 is 9.84 Å². The van der Waals surface area contributed by atoms with Gasteiger partial charge in [-0.25, -0.2) is 8.42 Å². The van der Waals surface area contributed by atoms with E-state index in [1.807, 2.05) is 0 Å². The third-order valence-electron chi connectivity index (χ3n) is 2.02. The first-order chi connectivity index (χ1) is 5.84. The fourth-order valence-electron chi connectivity index (χ4n) is 1.13. The van der Waals surface area contributed by atoms with Crippen molar-refractivity contribution in [3.05, 3.63) is 23.5 Å². The fourth-order valence-corrected chi connectivity index (χ4v) is 2.14. The molecule has 72 valence electrons. The van der Waals surface area contributed by atoms with Gasteiger partial charge in [-0.3, -0.25) is 5.21 Å². The molecule has 0 spiro atoms. The Morgan fingerprint density at radius 1 is 1.38 bits per heavy atom. The first-order valence-corrected chi connectivity index (χ1v) is 5.64. The smallest absolute Gasteiger partial charge is 0.235 e. The standard InChI is InChI=1S/C8H12NO3S/c1-6-7(2)9(10)5-4-8(6)13(3,11)12/h4-5,10H,1-3H3/q+1. The van der Waals surface area contributed by atoms with Gasteiger partial charge in [-0.15, -0.1) is 0 Å². The van der Waals surface area contributed by atoms with E-state index in [1.165, 1.54) is 12.3 Å². The topological polar surface area (TPSA) is 58.2 Å². The van der Waals surface area contributed by atoms with Crippen LogP contribution in [0.2, 0.25) is 0 Å². The van der Waals surface area contributed by atoms with Gasteiger partial charge in [-0.1, -0.05) is 0 Å². The van der Waals surface area contributed by atoms with Crippen molar-refractivity contribution in [2.24, 2.45) is 0 Å². The van der Waals surface area contributed by atoms with Crippen LogP contribution < -0.4 is 4.73 Å². The van der Waals surface area contributed by atoms with Crippen LogP contribution in [0.4, 0.5) is 0 Å². The molecule has 1 heterocycles. The number of pyridine rings is 1. The Bertz CT molecular complexity index is 437. The van der Waals surface area contributed by atoms with Gasteiger partial charge < -0.3 is 0 Å². The average Bonchev–Trinajstić information content (AvgIpc) is 1.98. The highest BCUT2D eigenvalue weighted by atomic mass is 32.2. The molecule has 4 nitrogen and oxygen atoms in total. The van der Waals surface area contributed by atoms with Gasteiger partial charge in [0.05, 0.1) is 4.90 Å². The highest BCUT2D eigenvalue weighted by molar-refractivity contribution is 7.90. The first kappa shape index (κ1) is 9.98. The molecule has 1 rings (SSSR count). The second kappa shape index (κ2) is 2.99. The van der Waals surface area contributed by atoms with Crippen LogP contribution in [0.5, 0.6) is 0 Å². The van der Waals surface area contributed by atoms with E-state index in [-0.39, 0.29) is 4.90 Å². The van der Waals surface area contributed by atoms with Crippen molar-refractivity contribution in [2.45, 2.75) is 18.7 Å². The van der Waals surface area contributed by atoms with Gasteiger partial charge in [-0.2, -0.15) is 0 Å². The van der Waals surface area contributed by atoms with Gasteiger partial charge in [0.15, 0.2) is 9.84 Å². The van der Waals surface area contributed by atoms with Gasteiger partial charge in [0.2, 0.25) is 11.9 Å². The zero-order valence-electron chi connectivity index (χ0n) is 7.77. The van der Waals surface area contributed by atoms with E-state index in [2.05, 4.69) is 0 Å². The molecule has 0 aromatic carbocycles. The second-order valence-electron chi connectivity index (χ2n) is 3.01. The van der Waals surface area contributed by atoms with E-state index in [9.17, 15) is 13.6 Å². The van der Waals surface area contributed by atoms with E-state index in [0.717, 1.165) is 11.0 Å². The predicted molar refractivity (Wildman–Crippen MR) is 46.4 cm³/mol. The summed E-state index contributed by atoms with van der Waals surface area (Å²) in [6.07, 6.45) is 2.47. The van der Waals surface area contributed by atoms with E-state index < -0.39 is 9.84 Å². The largest absolute Gasteiger partial charge is 0.285 e. The van der Waals surface area contributed by atoms with Crippen LogP contribution in [-0.2, 0) is 9.84 Å². The van der Waals surface area contributed by atoms with E-state index in [4.69, 9.17) is 0 Å². The molecule has 0 aliphatic carbocycles. The van der Waals surface area contributed by atoms with E-state index >= 15 is 0 Å². The van der Waals surface area contributed by atoms with Crippen LogP contribution in [0.1, 0.15) is 11.3 Å². The minimum atomic E-state index is -3.20. The summed E-state index contributed by atoms with van der Waals surface area (Å²) in [5.41, 5.74) is 1.11. The van der Waals surface area contributed by atoms with Crippen LogP contribution >= 0.6 is 0 Å². The van der Waals surface area contributed by atoms with Crippen molar-refractivity contribution in [2.75, 3.05) is 6.26 Å². The van der Waals surface area contributed by atoms with Crippen molar-refractivity contribution in [3.8, 4) is 0 Å². The molecule has 1 aromatic rings. The third-order valence-corrected chi connectivity index (χ3v) is 3.26. The Labute approximate surface area is 77.3 Å². The van der Waals surface area contributed by atoms with Crippen molar-refractivity contribution in [1.82, 2.24) is 0 Å². The molecule has 0 aliphatic heterocycles. The second-order valence-corrected chi connectivity index (χ2v) is 4.99. The highest BCUT2D eigenvalue weighted by Gasteiger charge is 2.18. The Hall–Kier alpha value is -1.10. The number of hydrogen-bond donors (Lipinski definition) is 1. The molecule has 1 aromatic heterocycles. The van der Waals surface area contributed by atoms with Crippen molar-refractivity contribution < 1.29 is 18.4 Å². The maximum absolute atomic E-state index is 11.2. The summed E-state index contributed by atoms with van der Waals surface area (Å²) >= 11 is 0. The van der Waals surface area contributed by atoms with Crippen LogP contribution in [0.25, 0.3) is 0 Å². The van der Waals surface area contributed by atoms with E-state index in [0.29, 0.717) is 11.3 Å². The quantitative estimate of drug-likeness (QED) is 0.524. The Morgan fingerprint density at radius 2 is 1.92 bits per heavy atom. The van der Waals surface area contributed by atoms with Crippen LogP contribution in [0.3, 0.4) is 0 Å². The summed E-state index contributed by atoms with van der Waals surface area (Å²) in [5, 5.41) is 9.21. The van der Waals surface area contributed by atoms with Gasteiger partial charge in [0.25, 0.3) is 0 Å². The summed E-state index contributed by atoms with van der Waals surface area (Å²) in [7, 11) is -3.20. The summed E-state index contributed by atoms with van der Waals surface area (Å²) in [4.78, 5) is 0.260. The molecule has 0 saturated heterocycles. The number of rotatable bonds is 1. The fraction of sp³-hybridized carbons (Fsp3) is 0.375. The highest BCUT2D eigenvalue weighted by Crippen LogP contribution is 2.14. The number of aromatic nitrogens is 1. The molecule has 1 N–H and O–H groups in total. The lowest BCUT2D eigenvalue weighted by molar-refractivity contribution is -0.909. The number of sulfone groups is 1. The maximum Gasteiger partial charge on any atom is 0.235 e. The van der Waals surface area contributed by atoms with Gasteiger partial charge >= 0.3 is 0 Å². The molecule has 0 bridgehead atoms. The molecule has 0 fully saturated rings. The Balaban J connectivity index is 3.53. The monoisotopic (exact) mass is 202 g/mol. The van der Waals surface area contributed by atoms with Crippen LogP contribution in [0, 0.1) is 13.8 Å². The minimum Gasteiger partial charge on any atom is -0.285 e. The Kier molecular flexibility index (Phi) is 2.30. The van der Waals surface area contributed by atoms with Crippen LogP contribution in [-0.4, -0.2) is 19.9 Å². The molecule has 13 heavy (non-hydrogen) atoms. The lowest BCUT2D eigenvalue weighted by Crippen LogP contribution is -2.34. The van der Waals surface area contributed by atoms with Crippen LogP contribution in [0.15, 0.2) is 17.2 Å². The average molecular weight is 202 g/mol. The van der Waals surface area contributed by atoms with Gasteiger partial charge in [0.1, 0.15) is 0 Å². The predicted octanol–water partition coefficient (Wildman–Crippen LogP) is 0.232. The molecule has 5 heteroatoms. The minimum absolute atomic E-state index is 0.260. The maximum atomic E-state index is 11.2. The lowest BCUT2D eigenvalue weighted by Gasteiger charge is -2.01. The summed E-state index contributed by atoms with van der Waals surface area (Å²) in [6.45, 7) is 3.32. The molecule has 0 amide bonds. The number of hydrogen-bond acceptors (Lipinski definition) is 3. The normalized spacial score (nSPS) is 11.6. The van der Waals surface area contributed by atoms with E-state index in [1.54, 1.807) is 13.8 Å². The molecular weight excluding hydrogens is 190 g/mol. The zero-order valence-corrected chi connectivity index (χ0v) is 8.59. The third kappa shape index (κ3) is 1.80. The molecule has 0 unspecified atom stereocenters. The number of nitrogens with zero attached hydrogens (tertiary/aromatic N) is 1. The molecular formula is C8H12NO3S+. The molecule has 0 saturated carbocycles. The molecule has 0 atom stereocenters. The summed E-state index contributed by atoms with van der Waals surface area (Å²) < 4.78 is 23.4.